The average Bonchev–Trinajstić information content (AvgIpc) is 3.24. The zero-order valence-corrected chi connectivity index (χ0v) is 20.9. The molecule has 4 aromatic carbocycles. The minimum atomic E-state index is -0.149. The van der Waals surface area contributed by atoms with Crippen LogP contribution in [0.2, 0.25) is 0 Å². The molecule has 0 radical (unpaired) electrons. The smallest absolute Gasteiger partial charge is 0.256 e. The number of benzene rings is 4. The van der Waals surface area contributed by atoms with Crippen LogP contribution in [0.1, 0.15) is 47.6 Å². The summed E-state index contributed by atoms with van der Waals surface area (Å²) in [5.41, 5.74) is 4.51. The van der Waals surface area contributed by atoms with Gasteiger partial charge in [0.2, 0.25) is 5.91 Å². The number of anilines is 2. The molecule has 1 atom stereocenters. The van der Waals surface area contributed by atoms with Gasteiger partial charge in [-0.2, -0.15) is 0 Å². The highest BCUT2D eigenvalue weighted by atomic mass is 32.2. The maximum Gasteiger partial charge on any atom is 0.256 e. The molecule has 2 amide bonds. The quantitative estimate of drug-likeness (QED) is 0.337. The summed E-state index contributed by atoms with van der Waals surface area (Å²) in [6.45, 7) is 6.54. The van der Waals surface area contributed by atoms with Gasteiger partial charge in [0, 0.05) is 16.9 Å². The Morgan fingerprint density at radius 1 is 0.914 bits per heavy atom. The van der Waals surface area contributed by atoms with E-state index >= 15 is 0 Å². The number of fused-ring (bicyclic) bond motifs is 1. The fraction of sp³-hybridized carbons (Fsp3) is 0.200. The van der Waals surface area contributed by atoms with E-state index < -0.39 is 0 Å². The van der Waals surface area contributed by atoms with Crippen LogP contribution in [0.5, 0.6) is 0 Å². The summed E-state index contributed by atoms with van der Waals surface area (Å²) in [6.07, 6.45) is 0. The molecule has 0 aromatic heterocycles. The van der Waals surface area contributed by atoms with E-state index in [1.807, 2.05) is 83.8 Å². The van der Waals surface area contributed by atoms with Gasteiger partial charge in [-0.25, -0.2) is 0 Å². The molecule has 5 rings (SSSR count). The van der Waals surface area contributed by atoms with E-state index in [2.05, 4.69) is 38.2 Å². The summed E-state index contributed by atoms with van der Waals surface area (Å²) in [5.74, 6) is 0.371. The molecule has 176 valence electrons. The van der Waals surface area contributed by atoms with Gasteiger partial charge >= 0.3 is 0 Å². The molecule has 0 saturated carbocycles. The first-order valence-corrected chi connectivity index (χ1v) is 12.8. The second-order valence-corrected chi connectivity index (χ2v) is 10.9. The van der Waals surface area contributed by atoms with Crippen molar-refractivity contribution in [2.45, 2.75) is 31.6 Å². The van der Waals surface area contributed by atoms with Gasteiger partial charge in [-0.15, -0.1) is 11.8 Å². The molecule has 4 aromatic rings. The number of rotatable bonds is 4. The SMILES string of the molecule is CC(C)(C)c1ccc(N2C(=O)CSC2c2cccc(NC(=O)c3cccc4ccccc34)c2)cc1. The Hall–Kier alpha value is -3.57. The molecule has 5 heteroatoms. The first-order chi connectivity index (χ1) is 16.8. The van der Waals surface area contributed by atoms with Gasteiger partial charge in [-0.3, -0.25) is 14.5 Å². The van der Waals surface area contributed by atoms with Crippen molar-refractivity contribution < 1.29 is 9.59 Å². The maximum atomic E-state index is 13.1. The summed E-state index contributed by atoms with van der Waals surface area (Å²) < 4.78 is 0. The Labute approximate surface area is 210 Å². The molecule has 35 heavy (non-hydrogen) atoms. The number of hydrogen-bond donors (Lipinski definition) is 1. The molecule has 1 heterocycles. The Kier molecular flexibility index (Phi) is 6.12. The van der Waals surface area contributed by atoms with Crippen LogP contribution in [0.25, 0.3) is 10.8 Å². The van der Waals surface area contributed by atoms with E-state index in [-0.39, 0.29) is 22.6 Å². The average molecular weight is 481 g/mol. The molecular weight excluding hydrogens is 452 g/mol. The summed E-state index contributed by atoms with van der Waals surface area (Å²) in [5, 5.41) is 4.86. The minimum absolute atomic E-state index is 0.0539. The van der Waals surface area contributed by atoms with Crippen LogP contribution in [0.15, 0.2) is 91.0 Å². The molecular formula is C30H28N2O2S. The number of amides is 2. The molecule has 0 spiro atoms. The molecule has 1 N–H and O–H groups in total. The van der Waals surface area contributed by atoms with Crippen LogP contribution in [0.3, 0.4) is 0 Å². The van der Waals surface area contributed by atoms with Gasteiger partial charge in [0.15, 0.2) is 0 Å². The van der Waals surface area contributed by atoms with Crippen molar-refractivity contribution >= 4 is 45.7 Å². The lowest BCUT2D eigenvalue weighted by molar-refractivity contribution is -0.115. The minimum Gasteiger partial charge on any atom is -0.322 e. The second kappa shape index (κ2) is 9.23. The number of thioether (sulfide) groups is 1. The van der Waals surface area contributed by atoms with Crippen molar-refractivity contribution in [3.8, 4) is 0 Å². The third-order valence-electron chi connectivity index (χ3n) is 6.34. The first-order valence-electron chi connectivity index (χ1n) is 11.7. The van der Waals surface area contributed by atoms with E-state index in [1.165, 1.54) is 5.56 Å². The van der Waals surface area contributed by atoms with Crippen LogP contribution in [-0.4, -0.2) is 17.6 Å². The predicted molar refractivity (Wildman–Crippen MR) is 146 cm³/mol. The van der Waals surface area contributed by atoms with Crippen molar-refractivity contribution in [1.82, 2.24) is 0 Å². The third kappa shape index (κ3) is 4.69. The Morgan fingerprint density at radius 2 is 1.63 bits per heavy atom. The summed E-state index contributed by atoms with van der Waals surface area (Å²) in [6, 6.07) is 29.7. The van der Waals surface area contributed by atoms with Crippen molar-refractivity contribution in [3.05, 3.63) is 108 Å². The zero-order valence-electron chi connectivity index (χ0n) is 20.1. The van der Waals surface area contributed by atoms with E-state index in [9.17, 15) is 9.59 Å². The Morgan fingerprint density at radius 3 is 2.40 bits per heavy atom. The van der Waals surface area contributed by atoms with Gasteiger partial charge in [0.05, 0.1) is 5.75 Å². The van der Waals surface area contributed by atoms with Crippen molar-refractivity contribution in [2.75, 3.05) is 16.0 Å². The molecule has 1 saturated heterocycles. The standard InChI is InChI=1S/C30H28N2O2S/c1-30(2,3)22-14-16-24(17-15-22)32-27(33)19-35-29(32)21-10-6-11-23(18-21)31-28(34)26-13-7-9-20-8-4-5-12-25(20)26/h4-18,29H,19H2,1-3H3,(H,31,34). The van der Waals surface area contributed by atoms with Gasteiger partial charge in [0.25, 0.3) is 5.91 Å². The highest BCUT2D eigenvalue weighted by molar-refractivity contribution is 8.00. The first kappa shape index (κ1) is 23.2. The number of carbonyl (C=O) groups excluding carboxylic acids is 2. The van der Waals surface area contributed by atoms with Gasteiger partial charge in [-0.1, -0.05) is 81.4 Å². The highest BCUT2D eigenvalue weighted by Crippen LogP contribution is 2.42. The second-order valence-electron chi connectivity index (χ2n) is 9.83. The van der Waals surface area contributed by atoms with Crippen LogP contribution < -0.4 is 10.2 Å². The number of carbonyl (C=O) groups is 2. The fourth-order valence-electron chi connectivity index (χ4n) is 4.46. The number of hydrogen-bond acceptors (Lipinski definition) is 3. The van der Waals surface area contributed by atoms with Crippen LogP contribution in [0, 0.1) is 0 Å². The Balaban J connectivity index is 1.40. The molecule has 1 aliphatic heterocycles. The Bertz CT molecular complexity index is 1400. The summed E-state index contributed by atoms with van der Waals surface area (Å²) >= 11 is 1.61. The maximum absolute atomic E-state index is 13.1. The van der Waals surface area contributed by atoms with Gasteiger partial charge in [-0.05, 0) is 57.6 Å². The molecule has 1 aliphatic rings. The van der Waals surface area contributed by atoms with Crippen LogP contribution in [-0.2, 0) is 10.2 Å². The number of nitrogens with zero attached hydrogens (tertiary/aromatic N) is 1. The normalized spacial score (nSPS) is 16.0. The molecule has 0 aliphatic carbocycles. The lowest BCUT2D eigenvalue weighted by Gasteiger charge is -2.26. The van der Waals surface area contributed by atoms with Crippen molar-refractivity contribution in [2.24, 2.45) is 0 Å². The van der Waals surface area contributed by atoms with E-state index in [0.29, 0.717) is 17.0 Å². The van der Waals surface area contributed by atoms with Crippen molar-refractivity contribution in [3.63, 3.8) is 0 Å². The summed E-state index contributed by atoms with van der Waals surface area (Å²) in [4.78, 5) is 27.8. The van der Waals surface area contributed by atoms with Crippen molar-refractivity contribution in [1.29, 1.82) is 0 Å². The third-order valence-corrected chi connectivity index (χ3v) is 7.56. The molecule has 0 bridgehead atoms. The van der Waals surface area contributed by atoms with Crippen LogP contribution >= 0.6 is 11.8 Å². The lowest BCUT2D eigenvalue weighted by atomic mass is 9.87. The fourth-order valence-corrected chi connectivity index (χ4v) is 5.63. The van der Waals surface area contributed by atoms with Gasteiger partial charge < -0.3 is 5.32 Å². The largest absolute Gasteiger partial charge is 0.322 e. The molecule has 1 unspecified atom stereocenters. The zero-order chi connectivity index (χ0) is 24.6. The van der Waals surface area contributed by atoms with E-state index in [1.54, 1.807) is 11.8 Å². The predicted octanol–water partition coefficient (Wildman–Crippen LogP) is 7.17. The highest BCUT2D eigenvalue weighted by Gasteiger charge is 2.34. The van der Waals surface area contributed by atoms with Crippen LogP contribution in [0.4, 0.5) is 11.4 Å². The number of nitrogens with one attached hydrogen (secondary N) is 1. The molecule has 4 nitrogen and oxygen atoms in total. The summed E-state index contributed by atoms with van der Waals surface area (Å²) in [7, 11) is 0. The topological polar surface area (TPSA) is 49.4 Å². The van der Waals surface area contributed by atoms with Gasteiger partial charge in [0.1, 0.15) is 5.37 Å². The molecule has 1 fully saturated rings. The van der Waals surface area contributed by atoms with E-state index in [0.717, 1.165) is 22.0 Å². The van der Waals surface area contributed by atoms with E-state index in [4.69, 9.17) is 0 Å². The lowest BCUT2D eigenvalue weighted by Crippen LogP contribution is -2.28. The monoisotopic (exact) mass is 480 g/mol.